The minimum atomic E-state index is -0.716. The first kappa shape index (κ1) is 24.5. The number of esters is 2. The third kappa shape index (κ3) is 5.63. The topological polar surface area (TPSA) is 65.0 Å². The highest BCUT2D eigenvalue weighted by atomic mass is 32.2. The van der Waals surface area contributed by atoms with Crippen molar-refractivity contribution >= 4 is 35.5 Å². The Hall–Kier alpha value is -3.12. The van der Waals surface area contributed by atoms with Gasteiger partial charge in [0.05, 0.1) is 24.5 Å². The monoisotopic (exact) mass is 463 g/mol. The molecule has 1 aliphatic heterocycles. The van der Waals surface area contributed by atoms with Crippen LogP contribution in [-0.2, 0) is 19.1 Å². The van der Waals surface area contributed by atoms with E-state index in [-0.39, 0.29) is 13.2 Å². The minimum absolute atomic E-state index is 0.224. The number of benzene rings is 2. The summed E-state index contributed by atoms with van der Waals surface area (Å²) in [7, 11) is 0. The highest BCUT2D eigenvalue weighted by molar-refractivity contribution is 7.98. The molecule has 6 heteroatoms. The van der Waals surface area contributed by atoms with Crippen molar-refractivity contribution in [2.24, 2.45) is 10.9 Å². The molecule has 5 nitrogen and oxygen atoms in total. The van der Waals surface area contributed by atoms with Crippen molar-refractivity contribution in [3.05, 3.63) is 83.1 Å². The molecule has 0 aromatic heterocycles. The molecule has 172 valence electrons. The lowest BCUT2D eigenvalue weighted by Gasteiger charge is -2.32. The van der Waals surface area contributed by atoms with Gasteiger partial charge in [-0.25, -0.2) is 4.79 Å². The number of carbonyl (C=O) groups excluding carboxylic acids is 2. The lowest BCUT2D eigenvalue weighted by atomic mass is 9.75. The molecule has 0 N–H and O–H groups in total. The summed E-state index contributed by atoms with van der Waals surface area (Å²) in [5.74, 6) is -2.16. The SMILES string of the molecule is CCOC(=O)C1=C(C=Cc2ccccc2)N=C(C)C(C(=O)OCC)C1c1ccccc1SC. The van der Waals surface area contributed by atoms with Crippen LogP contribution in [0.1, 0.15) is 37.8 Å². The number of hydrogen-bond donors (Lipinski definition) is 0. The van der Waals surface area contributed by atoms with Gasteiger partial charge in [-0.1, -0.05) is 54.6 Å². The summed E-state index contributed by atoms with van der Waals surface area (Å²) < 4.78 is 10.9. The maximum absolute atomic E-state index is 13.3. The lowest BCUT2D eigenvalue weighted by molar-refractivity contribution is -0.146. The van der Waals surface area contributed by atoms with Gasteiger partial charge in [-0.2, -0.15) is 0 Å². The second-order valence-electron chi connectivity index (χ2n) is 7.47. The van der Waals surface area contributed by atoms with E-state index < -0.39 is 23.8 Å². The van der Waals surface area contributed by atoms with Crippen LogP contribution in [0, 0.1) is 5.92 Å². The third-order valence-corrected chi connectivity index (χ3v) is 6.22. The number of allylic oxidation sites excluding steroid dienone is 1. The maximum Gasteiger partial charge on any atom is 0.336 e. The van der Waals surface area contributed by atoms with Gasteiger partial charge < -0.3 is 9.47 Å². The van der Waals surface area contributed by atoms with E-state index in [1.165, 1.54) is 0 Å². The van der Waals surface area contributed by atoms with Gasteiger partial charge >= 0.3 is 11.9 Å². The molecule has 1 aliphatic rings. The summed E-state index contributed by atoms with van der Waals surface area (Å²) in [6.45, 7) is 5.83. The fourth-order valence-corrected chi connectivity index (χ4v) is 4.64. The molecule has 2 aromatic carbocycles. The van der Waals surface area contributed by atoms with E-state index in [0.29, 0.717) is 17.0 Å². The van der Waals surface area contributed by atoms with Crippen LogP contribution in [-0.4, -0.2) is 37.1 Å². The first-order valence-electron chi connectivity index (χ1n) is 11.0. The fraction of sp³-hybridized carbons (Fsp3) is 0.296. The zero-order valence-electron chi connectivity index (χ0n) is 19.4. The van der Waals surface area contributed by atoms with Crippen molar-refractivity contribution in [2.45, 2.75) is 31.6 Å². The summed E-state index contributed by atoms with van der Waals surface area (Å²) >= 11 is 1.57. The molecular weight excluding hydrogens is 434 g/mol. The predicted molar refractivity (Wildman–Crippen MR) is 133 cm³/mol. The average Bonchev–Trinajstić information content (AvgIpc) is 2.83. The largest absolute Gasteiger partial charge is 0.465 e. The van der Waals surface area contributed by atoms with E-state index in [4.69, 9.17) is 14.5 Å². The molecule has 2 unspecified atom stereocenters. The van der Waals surface area contributed by atoms with Crippen molar-refractivity contribution < 1.29 is 19.1 Å². The van der Waals surface area contributed by atoms with E-state index >= 15 is 0 Å². The van der Waals surface area contributed by atoms with Gasteiger partial charge in [0.1, 0.15) is 5.92 Å². The summed E-state index contributed by atoms with van der Waals surface area (Å²) in [5.41, 5.74) is 3.33. The number of thioether (sulfide) groups is 1. The van der Waals surface area contributed by atoms with E-state index in [9.17, 15) is 9.59 Å². The molecule has 0 bridgehead atoms. The summed E-state index contributed by atoms with van der Waals surface area (Å²) in [5, 5.41) is 0. The first-order valence-corrected chi connectivity index (χ1v) is 12.2. The molecule has 0 saturated carbocycles. The van der Waals surface area contributed by atoms with Crippen molar-refractivity contribution in [3.63, 3.8) is 0 Å². The van der Waals surface area contributed by atoms with E-state index in [1.807, 2.05) is 79.9 Å². The molecular formula is C27H29NO4S. The summed E-state index contributed by atoms with van der Waals surface area (Å²) in [6.07, 6.45) is 5.71. The molecule has 2 aromatic rings. The van der Waals surface area contributed by atoms with Crippen molar-refractivity contribution in [3.8, 4) is 0 Å². The van der Waals surface area contributed by atoms with Gasteiger partial charge in [-0.05, 0) is 50.3 Å². The summed E-state index contributed by atoms with van der Waals surface area (Å²) in [4.78, 5) is 32.1. The van der Waals surface area contributed by atoms with Gasteiger partial charge in [0.25, 0.3) is 0 Å². The highest BCUT2D eigenvalue weighted by Crippen LogP contribution is 2.43. The number of aliphatic imine (C=N–C) groups is 1. The van der Waals surface area contributed by atoms with Crippen LogP contribution >= 0.6 is 11.8 Å². The van der Waals surface area contributed by atoms with Crippen LogP contribution in [0.25, 0.3) is 6.08 Å². The molecule has 0 radical (unpaired) electrons. The predicted octanol–water partition coefficient (Wildman–Crippen LogP) is 5.68. The minimum Gasteiger partial charge on any atom is -0.465 e. The molecule has 3 rings (SSSR count). The Kier molecular flexibility index (Phi) is 8.66. The van der Waals surface area contributed by atoms with Crippen LogP contribution in [0.4, 0.5) is 0 Å². The molecule has 0 amide bonds. The van der Waals surface area contributed by atoms with Crippen LogP contribution in [0.5, 0.6) is 0 Å². The van der Waals surface area contributed by atoms with Crippen molar-refractivity contribution in [2.75, 3.05) is 19.5 Å². The van der Waals surface area contributed by atoms with E-state index in [0.717, 1.165) is 16.0 Å². The highest BCUT2D eigenvalue weighted by Gasteiger charge is 2.43. The van der Waals surface area contributed by atoms with Crippen molar-refractivity contribution in [1.29, 1.82) is 0 Å². The average molecular weight is 464 g/mol. The van der Waals surface area contributed by atoms with E-state index in [2.05, 4.69) is 0 Å². The molecule has 0 fully saturated rings. The zero-order valence-corrected chi connectivity index (χ0v) is 20.2. The van der Waals surface area contributed by atoms with Gasteiger partial charge in [-0.3, -0.25) is 9.79 Å². The first-order chi connectivity index (χ1) is 16.0. The second-order valence-corrected chi connectivity index (χ2v) is 8.31. The Labute approximate surface area is 199 Å². The number of hydrogen-bond acceptors (Lipinski definition) is 6. The van der Waals surface area contributed by atoms with Crippen LogP contribution in [0.2, 0.25) is 0 Å². The van der Waals surface area contributed by atoms with Gasteiger partial charge in [0.2, 0.25) is 0 Å². The normalized spacial score (nSPS) is 18.2. The third-order valence-electron chi connectivity index (χ3n) is 5.41. The van der Waals surface area contributed by atoms with Crippen LogP contribution < -0.4 is 0 Å². The van der Waals surface area contributed by atoms with Crippen molar-refractivity contribution in [1.82, 2.24) is 0 Å². The smallest absolute Gasteiger partial charge is 0.336 e. The zero-order chi connectivity index (χ0) is 23.8. The maximum atomic E-state index is 13.3. The molecule has 0 aliphatic carbocycles. The second kappa shape index (κ2) is 11.7. The van der Waals surface area contributed by atoms with Crippen LogP contribution in [0.15, 0.2) is 81.8 Å². The Morgan fingerprint density at radius 2 is 1.64 bits per heavy atom. The number of ether oxygens (including phenoxy) is 2. The quantitative estimate of drug-likeness (QED) is 0.372. The Morgan fingerprint density at radius 3 is 2.30 bits per heavy atom. The molecule has 1 heterocycles. The van der Waals surface area contributed by atoms with Gasteiger partial charge in [0, 0.05) is 16.5 Å². The van der Waals surface area contributed by atoms with Crippen LogP contribution in [0.3, 0.4) is 0 Å². The molecule has 2 atom stereocenters. The Bertz CT molecular complexity index is 1090. The summed E-state index contributed by atoms with van der Waals surface area (Å²) in [6, 6.07) is 17.6. The molecule has 0 saturated heterocycles. The standard InChI is InChI=1S/C27H29NO4S/c1-5-31-26(29)23-18(3)28-21(17-16-19-12-8-7-9-13-19)25(27(30)32-6-2)24(23)20-14-10-11-15-22(20)33-4/h7-17,23-24H,5-6H2,1-4H3. The fourth-order valence-electron chi connectivity index (χ4n) is 3.99. The molecule has 0 spiro atoms. The van der Waals surface area contributed by atoms with Gasteiger partial charge in [-0.15, -0.1) is 11.8 Å². The van der Waals surface area contributed by atoms with Gasteiger partial charge in [0.15, 0.2) is 0 Å². The van der Waals surface area contributed by atoms with E-state index in [1.54, 1.807) is 25.6 Å². The Morgan fingerprint density at radius 1 is 0.970 bits per heavy atom. The number of carbonyl (C=O) groups is 2. The number of nitrogens with zero attached hydrogens (tertiary/aromatic N) is 1. The lowest BCUT2D eigenvalue weighted by Crippen LogP contribution is -2.37. The molecule has 33 heavy (non-hydrogen) atoms. The number of rotatable bonds is 8. The Balaban J connectivity index is 2.25.